The van der Waals surface area contributed by atoms with Gasteiger partial charge in [0.2, 0.25) is 0 Å². The lowest BCUT2D eigenvalue weighted by molar-refractivity contribution is 0.479. The van der Waals surface area contributed by atoms with E-state index in [0.29, 0.717) is 23.2 Å². The highest BCUT2D eigenvalue weighted by Gasteiger charge is 2.07. The molecule has 0 aliphatic carbocycles. The molecule has 0 atom stereocenters. The normalized spacial score (nSPS) is 10.8. The highest BCUT2D eigenvalue weighted by Crippen LogP contribution is 2.29. The number of ether oxygens (including phenoxy) is 1. The summed E-state index contributed by atoms with van der Waals surface area (Å²) in [6, 6.07) is 6.06. The Labute approximate surface area is 101 Å². The summed E-state index contributed by atoms with van der Waals surface area (Å²) in [6.45, 7) is 6.09. The van der Waals surface area contributed by atoms with Crippen molar-refractivity contribution in [2.45, 2.75) is 26.8 Å². The molecule has 2 aromatic rings. The molecule has 1 aromatic carbocycles. The minimum Gasteiger partial charge on any atom is -0.452 e. The third-order valence-electron chi connectivity index (χ3n) is 2.62. The van der Waals surface area contributed by atoms with Crippen LogP contribution in [0.5, 0.6) is 11.5 Å². The van der Waals surface area contributed by atoms with Gasteiger partial charge in [0.05, 0.1) is 18.1 Å². The van der Waals surface area contributed by atoms with Gasteiger partial charge < -0.3 is 10.5 Å². The fourth-order valence-electron chi connectivity index (χ4n) is 1.53. The Morgan fingerprint density at radius 2 is 2.12 bits per heavy atom. The van der Waals surface area contributed by atoms with Crippen LogP contribution in [-0.4, -0.2) is 9.78 Å². The minimum absolute atomic E-state index is 0.321. The van der Waals surface area contributed by atoms with Gasteiger partial charge >= 0.3 is 0 Å². The summed E-state index contributed by atoms with van der Waals surface area (Å²) in [5, 5.41) is 4.21. The van der Waals surface area contributed by atoms with E-state index in [9.17, 15) is 0 Å². The number of aromatic nitrogens is 2. The number of rotatable bonds is 3. The second kappa shape index (κ2) is 4.49. The zero-order valence-corrected chi connectivity index (χ0v) is 10.3. The standard InChI is InChI=1S/C13H17N3O/c1-9(2)16-8-11(7-15-16)17-12-6-4-5-10(3)13(12)14/h4-9H,14H2,1-3H3. The van der Waals surface area contributed by atoms with E-state index in [-0.39, 0.29) is 0 Å². The molecule has 0 spiro atoms. The number of nitrogens with zero attached hydrogens (tertiary/aromatic N) is 2. The maximum atomic E-state index is 5.94. The van der Waals surface area contributed by atoms with E-state index in [1.807, 2.05) is 36.0 Å². The van der Waals surface area contributed by atoms with Gasteiger partial charge in [-0.05, 0) is 32.4 Å². The molecule has 4 nitrogen and oxygen atoms in total. The Hall–Kier alpha value is -1.97. The number of benzene rings is 1. The number of para-hydroxylation sites is 1. The van der Waals surface area contributed by atoms with Crippen molar-refractivity contribution in [2.75, 3.05) is 5.73 Å². The smallest absolute Gasteiger partial charge is 0.165 e. The second-order valence-electron chi connectivity index (χ2n) is 4.34. The van der Waals surface area contributed by atoms with E-state index in [4.69, 9.17) is 10.5 Å². The highest BCUT2D eigenvalue weighted by atomic mass is 16.5. The van der Waals surface area contributed by atoms with Crippen LogP contribution in [0.2, 0.25) is 0 Å². The van der Waals surface area contributed by atoms with Crippen molar-refractivity contribution in [3.63, 3.8) is 0 Å². The number of hydrogen-bond acceptors (Lipinski definition) is 3. The van der Waals surface area contributed by atoms with Crippen LogP contribution in [0.25, 0.3) is 0 Å². The monoisotopic (exact) mass is 231 g/mol. The van der Waals surface area contributed by atoms with Gasteiger partial charge in [0, 0.05) is 6.04 Å². The van der Waals surface area contributed by atoms with Gasteiger partial charge in [0.15, 0.2) is 11.5 Å². The number of nitrogen functional groups attached to an aromatic ring is 1. The first kappa shape index (κ1) is 11.5. The predicted octanol–water partition coefficient (Wildman–Crippen LogP) is 3.15. The largest absolute Gasteiger partial charge is 0.452 e. The molecular formula is C13H17N3O. The topological polar surface area (TPSA) is 53.1 Å². The SMILES string of the molecule is Cc1cccc(Oc2cnn(C(C)C)c2)c1N. The maximum Gasteiger partial charge on any atom is 0.165 e. The van der Waals surface area contributed by atoms with Crippen molar-refractivity contribution in [1.29, 1.82) is 0 Å². The van der Waals surface area contributed by atoms with Crippen LogP contribution in [0.4, 0.5) is 5.69 Å². The second-order valence-corrected chi connectivity index (χ2v) is 4.34. The van der Waals surface area contributed by atoms with Crippen LogP contribution in [0.3, 0.4) is 0 Å². The van der Waals surface area contributed by atoms with Gasteiger partial charge in [0.1, 0.15) is 0 Å². The Morgan fingerprint density at radius 1 is 1.35 bits per heavy atom. The molecule has 17 heavy (non-hydrogen) atoms. The van der Waals surface area contributed by atoms with Crippen LogP contribution in [0, 0.1) is 6.92 Å². The Balaban J connectivity index is 2.22. The Kier molecular flexibility index (Phi) is 3.04. The summed E-state index contributed by atoms with van der Waals surface area (Å²) in [4.78, 5) is 0. The average Bonchev–Trinajstić information content (AvgIpc) is 2.73. The van der Waals surface area contributed by atoms with Crippen molar-refractivity contribution in [3.05, 3.63) is 36.2 Å². The first-order chi connectivity index (χ1) is 8.08. The zero-order valence-electron chi connectivity index (χ0n) is 10.3. The van der Waals surface area contributed by atoms with E-state index in [2.05, 4.69) is 18.9 Å². The summed E-state index contributed by atoms with van der Waals surface area (Å²) in [5.41, 5.74) is 7.63. The van der Waals surface area contributed by atoms with Crippen LogP contribution in [-0.2, 0) is 0 Å². The van der Waals surface area contributed by atoms with Crippen molar-refractivity contribution in [2.24, 2.45) is 0 Å². The van der Waals surface area contributed by atoms with Gasteiger partial charge in [-0.2, -0.15) is 5.10 Å². The molecule has 0 radical (unpaired) electrons. The van der Waals surface area contributed by atoms with Gasteiger partial charge in [-0.25, -0.2) is 0 Å². The van der Waals surface area contributed by atoms with Crippen LogP contribution in [0.1, 0.15) is 25.5 Å². The van der Waals surface area contributed by atoms with Gasteiger partial charge in [-0.1, -0.05) is 12.1 Å². The van der Waals surface area contributed by atoms with Crippen LogP contribution >= 0.6 is 0 Å². The van der Waals surface area contributed by atoms with Crippen molar-refractivity contribution in [3.8, 4) is 11.5 Å². The quantitative estimate of drug-likeness (QED) is 0.825. The number of nitrogens with two attached hydrogens (primary N) is 1. The lowest BCUT2D eigenvalue weighted by Gasteiger charge is -2.08. The molecule has 2 rings (SSSR count). The fraction of sp³-hybridized carbons (Fsp3) is 0.308. The lowest BCUT2D eigenvalue weighted by atomic mass is 10.2. The summed E-state index contributed by atoms with van der Waals surface area (Å²) >= 11 is 0. The number of anilines is 1. The zero-order chi connectivity index (χ0) is 12.4. The molecule has 90 valence electrons. The Morgan fingerprint density at radius 3 is 2.76 bits per heavy atom. The molecule has 0 amide bonds. The van der Waals surface area contributed by atoms with Gasteiger partial charge in [0.25, 0.3) is 0 Å². The number of hydrogen-bond donors (Lipinski definition) is 1. The third-order valence-corrected chi connectivity index (χ3v) is 2.62. The minimum atomic E-state index is 0.321. The molecule has 0 saturated carbocycles. The summed E-state index contributed by atoms with van der Waals surface area (Å²) < 4.78 is 7.56. The number of aryl methyl sites for hydroxylation is 1. The molecule has 0 bridgehead atoms. The van der Waals surface area contributed by atoms with E-state index < -0.39 is 0 Å². The molecular weight excluding hydrogens is 214 g/mol. The van der Waals surface area contributed by atoms with Crippen molar-refractivity contribution >= 4 is 5.69 Å². The molecule has 0 aliphatic heterocycles. The third kappa shape index (κ3) is 2.41. The maximum absolute atomic E-state index is 5.94. The average molecular weight is 231 g/mol. The van der Waals surface area contributed by atoms with E-state index in [1.165, 1.54) is 0 Å². The van der Waals surface area contributed by atoms with Crippen molar-refractivity contribution < 1.29 is 4.74 Å². The first-order valence-electron chi connectivity index (χ1n) is 5.65. The highest BCUT2D eigenvalue weighted by molar-refractivity contribution is 5.58. The predicted molar refractivity (Wildman–Crippen MR) is 68.3 cm³/mol. The summed E-state index contributed by atoms with van der Waals surface area (Å²) in [7, 11) is 0. The molecule has 0 saturated heterocycles. The molecule has 1 heterocycles. The van der Waals surface area contributed by atoms with Crippen molar-refractivity contribution in [1.82, 2.24) is 9.78 Å². The molecule has 0 aliphatic rings. The van der Waals surface area contributed by atoms with Gasteiger partial charge in [-0.3, -0.25) is 4.68 Å². The molecule has 0 unspecified atom stereocenters. The van der Waals surface area contributed by atoms with E-state index >= 15 is 0 Å². The molecule has 2 N–H and O–H groups in total. The van der Waals surface area contributed by atoms with Crippen LogP contribution < -0.4 is 10.5 Å². The first-order valence-corrected chi connectivity index (χ1v) is 5.65. The summed E-state index contributed by atoms with van der Waals surface area (Å²) in [5.74, 6) is 1.38. The molecule has 1 aromatic heterocycles. The summed E-state index contributed by atoms with van der Waals surface area (Å²) in [6.07, 6.45) is 3.56. The van der Waals surface area contributed by atoms with Gasteiger partial charge in [-0.15, -0.1) is 0 Å². The fourth-order valence-corrected chi connectivity index (χ4v) is 1.53. The Bertz CT molecular complexity index is 517. The van der Waals surface area contributed by atoms with Crippen LogP contribution in [0.15, 0.2) is 30.6 Å². The lowest BCUT2D eigenvalue weighted by Crippen LogP contribution is -1.99. The van der Waals surface area contributed by atoms with E-state index in [0.717, 1.165) is 5.56 Å². The molecule has 4 heteroatoms. The van der Waals surface area contributed by atoms with E-state index in [1.54, 1.807) is 6.20 Å². The molecule has 0 fully saturated rings.